The van der Waals surface area contributed by atoms with Gasteiger partial charge in [-0.2, -0.15) is 0 Å². The first-order chi connectivity index (χ1) is 10.3. The maximum atomic E-state index is 5.09. The maximum absolute atomic E-state index is 5.09. The van der Waals surface area contributed by atoms with E-state index >= 15 is 0 Å². The highest BCUT2D eigenvalue weighted by molar-refractivity contribution is 7.15. The van der Waals surface area contributed by atoms with Gasteiger partial charge < -0.3 is 19.9 Å². The van der Waals surface area contributed by atoms with Gasteiger partial charge >= 0.3 is 0 Å². The molecule has 2 heterocycles. The van der Waals surface area contributed by atoms with Crippen LogP contribution >= 0.6 is 11.3 Å². The van der Waals surface area contributed by atoms with E-state index < -0.39 is 0 Å². The van der Waals surface area contributed by atoms with Crippen molar-refractivity contribution >= 4 is 16.5 Å². The van der Waals surface area contributed by atoms with Crippen molar-refractivity contribution in [2.24, 2.45) is 0 Å². The Labute approximate surface area is 131 Å². The summed E-state index contributed by atoms with van der Waals surface area (Å²) >= 11 is 1.89. The Kier molecular flexibility index (Phi) is 5.11. The van der Waals surface area contributed by atoms with E-state index in [4.69, 9.17) is 9.72 Å². The number of nitrogens with zero attached hydrogens (tertiary/aromatic N) is 3. The van der Waals surface area contributed by atoms with Gasteiger partial charge in [-0.1, -0.05) is 0 Å². The number of piperazine rings is 1. The molecule has 21 heavy (non-hydrogen) atoms. The highest BCUT2D eigenvalue weighted by Crippen LogP contribution is 2.44. The third-order valence-electron chi connectivity index (χ3n) is 4.22. The molecule has 2 fully saturated rings. The normalized spacial score (nSPS) is 20.2. The van der Waals surface area contributed by atoms with Crippen molar-refractivity contribution in [1.29, 1.82) is 0 Å². The molecule has 3 rings (SSSR count). The van der Waals surface area contributed by atoms with Crippen molar-refractivity contribution in [2.75, 3.05) is 58.4 Å². The van der Waals surface area contributed by atoms with Crippen LogP contribution < -0.4 is 10.2 Å². The van der Waals surface area contributed by atoms with E-state index in [9.17, 15) is 0 Å². The first kappa shape index (κ1) is 15.2. The van der Waals surface area contributed by atoms with Crippen LogP contribution in [0, 0.1) is 0 Å². The van der Waals surface area contributed by atoms with Crippen LogP contribution in [-0.2, 0) is 11.3 Å². The second-order valence-electron chi connectivity index (χ2n) is 6.04. The molecule has 1 saturated heterocycles. The molecule has 118 valence electrons. The van der Waals surface area contributed by atoms with Crippen LogP contribution in [0.4, 0.5) is 5.13 Å². The topological polar surface area (TPSA) is 40.6 Å². The number of thiazole rings is 1. The number of methoxy groups -OCH3 is 1. The second kappa shape index (κ2) is 7.05. The number of anilines is 1. The monoisotopic (exact) mass is 310 g/mol. The van der Waals surface area contributed by atoms with E-state index in [1.165, 1.54) is 28.5 Å². The average Bonchev–Trinajstić information content (AvgIpc) is 3.25. The molecule has 5 nitrogen and oxygen atoms in total. The third-order valence-corrected chi connectivity index (χ3v) is 5.35. The lowest BCUT2D eigenvalue weighted by Gasteiger charge is -2.32. The lowest BCUT2D eigenvalue weighted by atomic mass is 10.2. The number of rotatable bonds is 7. The quantitative estimate of drug-likeness (QED) is 0.773. The summed E-state index contributed by atoms with van der Waals surface area (Å²) in [5, 5.41) is 4.70. The Morgan fingerprint density at radius 1 is 1.29 bits per heavy atom. The van der Waals surface area contributed by atoms with Crippen LogP contribution in [0.15, 0.2) is 0 Å². The van der Waals surface area contributed by atoms with Gasteiger partial charge in [-0.05, 0) is 19.9 Å². The molecule has 0 spiro atoms. The van der Waals surface area contributed by atoms with Crippen molar-refractivity contribution < 1.29 is 4.74 Å². The molecule has 0 atom stereocenters. The van der Waals surface area contributed by atoms with E-state index in [-0.39, 0.29) is 0 Å². The molecule has 1 saturated carbocycles. The molecule has 2 aliphatic rings. The molecular formula is C15H26N4OS. The number of aromatic nitrogens is 1. The Hall–Kier alpha value is -0.690. The SMILES string of the molecule is COCCNCc1sc(N2CCN(C)CC2)nc1C1CC1. The van der Waals surface area contributed by atoms with E-state index in [1.807, 2.05) is 11.3 Å². The average molecular weight is 310 g/mol. The summed E-state index contributed by atoms with van der Waals surface area (Å²) in [4.78, 5) is 11.2. The third kappa shape index (κ3) is 3.94. The predicted octanol–water partition coefficient (Wildman–Crippen LogP) is 1.51. The Morgan fingerprint density at radius 3 is 2.71 bits per heavy atom. The molecule has 0 amide bonds. The Bertz CT molecular complexity index is 453. The minimum Gasteiger partial charge on any atom is -0.383 e. The molecule has 0 radical (unpaired) electrons. The molecule has 0 aromatic carbocycles. The zero-order valence-electron chi connectivity index (χ0n) is 13.1. The van der Waals surface area contributed by atoms with Crippen molar-refractivity contribution in [3.05, 3.63) is 10.6 Å². The van der Waals surface area contributed by atoms with Gasteiger partial charge in [0.1, 0.15) is 0 Å². The summed E-state index contributed by atoms with van der Waals surface area (Å²) in [6, 6.07) is 0. The van der Waals surface area contributed by atoms with Crippen LogP contribution in [0.25, 0.3) is 0 Å². The molecule has 0 unspecified atom stereocenters. The molecule has 1 N–H and O–H groups in total. The molecule has 0 bridgehead atoms. The summed E-state index contributed by atoms with van der Waals surface area (Å²) in [7, 11) is 3.94. The number of hydrogen-bond donors (Lipinski definition) is 1. The summed E-state index contributed by atoms with van der Waals surface area (Å²) in [6.07, 6.45) is 2.63. The van der Waals surface area contributed by atoms with Crippen LogP contribution in [0.2, 0.25) is 0 Å². The number of nitrogens with one attached hydrogen (secondary N) is 1. The molecule has 1 aliphatic heterocycles. The lowest BCUT2D eigenvalue weighted by Crippen LogP contribution is -2.44. The summed E-state index contributed by atoms with van der Waals surface area (Å²) in [5.41, 5.74) is 1.36. The van der Waals surface area contributed by atoms with Crippen LogP contribution in [0.3, 0.4) is 0 Å². The van der Waals surface area contributed by atoms with Gasteiger partial charge in [-0.15, -0.1) is 11.3 Å². The lowest BCUT2D eigenvalue weighted by molar-refractivity contribution is 0.199. The second-order valence-corrected chi connectivity index (χ2v) is 7.10. The molecule has 1 aromatic heterocycles. The van der Waals surface area contributed by atoms with Gasteiger partial charge in [0.15, 0.2) is 5.13 Å². The predicted molar refractivity (Wildman–Crippen MR) is 87.4 cm³/mol. The van der Waals surface area contributed by atoms with Crippen molar-refractivity contribution in [3.63, 3.8) is 0 Å². The van der Waals surface area contributed by atoms with Crippen molar-refractivity contribution in [1.82, 2.24) is 15.2 Å². The first-order valence-corrected chi connectivity index (χ1v) is 8.72. The fourth-order valence-corrected chi connectivity index (χ4v) is 3.83. The zero-order valence-corrected chi connectivity index (χ0v) is 13.9. The largest absolute Gasteiger partial charge is 0.383 e. The molecular weight excluding hydrogens is 284 g/mol. The van der Waals surface area contributed by atoms with E-state index in [2.05, 4.69) is 22.2 Å². The van der Waals surface area contributed by atoms with Crippen molar-refractivity contribution in [3.8, 4) is 0 Å². The summed E-state index contributed by atoms with van der Waals surface area (Å²) in [5.74, 6) is 0.724. The van der Waals surface area contributed by atoms with Crippen LogP contribution in [0.1, 0.15) is 29.3 Å². The maximum Gasteiger partial charge on any atom is 0.185 e. The van der Waals surface area contributed by atoms with Crippen LogP contribution in [-0.4, -0.2) is 63.4 Å². The Balaban J connectivity index is 1.64. The van der Waals surface area contributed by atoms with Gasteiger partial charge in [0, 0.05) is 57.2 Å². The highest BCUT2D eigenvalue weighted by Gasteiger charge is 2.30. The summed E-state index contributed by atoms with van der Waals surface area (Å²) in [6.45, 7) is 7.08. The number of likely N-dealkylation sites (N-methyl/N-ethyl adjacent to an activating group) is 1. The van der Waals surface area contributed by atoms with E-state index in [0.717, 1.165) is 51.8 Å². The molecule has 1 aromatic rings. The van der Waals surface area contributed by atoms with Gasteiger partial charge in [0.2, 0.25) is 0 Å². The first-order valence-electron chi connectivity index (χ1n) is 7.90. The molecule has 6 heteroatoms. The van der Waals surface area contributed by atoms with Gasteiger partial charge in [0.05, 0.1) is 12.3 Å². The minimum absolute atomic E-state index is 0.724. The standard InChI is InChI=1S/C15H26N4OS/c1-18-6-8-19(9-7-18)15-17-14(12-3-4-12)13(21-15)11-16-5-10-20-2/h12,16H,3-11H2,1-2H3. The Morgan fingerprint density at radius 2 is 2.05 bits per heavy atom. The fourth-order valence-electron chi connectivity index (χ4n) is 2.66. The summed E-state index contributed by atoms with van der Waals surface area (Å²) < 4.78 is 5.09. The van der Waals surface area contributed by atoms with Crippen molar-refractivity contribution in [2.45, 2.75) is 25.3 Å². The zero-order chi connectivity index (χ0) is 14.7. The number of ether oxygens (including phenoxy) is 1. The highest BCUT2D eigenvalue weighted by atomic mass is 32.1. The van der Waals surface area contributed by atoms with Gasteiger partial charge in [-0.25, -0.2) is 4.98 Å². The number of hydrogen-bond acceptors (Lipinski definition) is 6. The molecule has 1 aliphatic carbocycles. The van der Waals surface area contributed by atoms with E-state index in [1.54, 1.807) is 7.11 Å². The fraction of sp³-hybridized carbons (Fsp3) is 0.800. The van der Waals surface area contributed by atoms with E-state index in [0.29, 0.717) is 0 Å². The van der Waals surface area contributed by atoms with Gasteiger partial charge in [0.25, 0.3) is 0 Å². The van der Waals surface area contributed by atoms with Gasteiger partial charge in [-0.3, -0.25) is 0 Å². The van der Waals surface area contributed by atoms with Crippen LogP contribution in [0.5, 0.6) is 0 Å². The smallest absolute Gasteiger partial charge is 0.185 e. The minimum atomic E-state index is 0.724.